The molecule has 3 heterocycles. The molecule has 1 aromatic carbocycles. The van der Waals surface area contributed by atoms with Gasteiger partial charge in [0, 0.05) is 5.92 Å². The number of fused-ring (bicyclic) bond motifs is 1. The first-order chi connectivity index (χ1) is 10.4. The number of piperidine rings is 1. The SMILES string of the molecule is c1cc2c(c(-c3nc(C4CCNCC4)no3)c1)OCCO2. The summed E-state index contributed by atoms with van der Waals surface area (Å²) >= 11 is 0. The zero-order valence-corrected chi connectivity index (χ0v) is 11.7. The summed E-state index contributed by atoms with van der Waals surface area (Å²) < 4.78 is 16.7. The molecule has 4 rings (SSSR count). The number of rotatable bonds is 2. The maximum absolute atomic E-state index is 5.70. The number of nitrogens with zero attached hydrogens (tertiary/aromatic N) is 2. The van der Waals surface area contributed by atoms with Crippen molar-refractivity contribution < 1.29 is 14.0 Å². The van der Waals surface area contributed by atoms with Gasteiger partial charge in [-0.05, 0) is 38.1 Å². The highest BCUT2D eigenvalue weighted by molar-refractivity contribution is 5.67. The summed E-state index contributed by atoms with van der Waals surface area (Å²) in [5.74, 6) is 3.11. The molecule has 0 radical (unpaired) electrons. The fourth-order valence-electron chi connectivity index (χ4n) is 2.83. The van der Waals surface area contributed by atoms with Crippen molar-refractivity contribution in [2.24, 2.45) is 0 Å². The number of benzene rings is 1. The van der Waals surface area contributed by atoms with Crippen molar-refractivity contribution >= 4 is 0 Å². The lowest BCUT2D eigenvalue weighted by Crippen LogP contribution is -2.27. The molecule has 0 atom stereocenters. The molecule has 0 unspecified atom stereocenters. The fraction of sp³-hybridized carbons (Fsp3) is 0.467. The van der Waals surface area contributed by atoms with Crippen molar-refractivity contribution in [3.63, 3.8) is 0 Å². The van der Waals surface area contributed by atoms with Crippen LogP contribution in [0, 0.1) is 0 Å². The normalized spacial score (nSPS) is 18.7. The topological polar surface area (TPSA) is 69.4 Å². The van der Waals surface area contributed by atoms with Gasteiger partial charge in [0.25, 0.3) is 5.89 Å². The van der Waals surface area contributed by atoms with Crippen molar-refractivity contribution in [2.75, 3.05) is 26.3 Å². The minimum absolute atomic E-state index is 0.375. The Hall–Kier alpha value is -2.08. The van der Waals surface area contributed by atoms with Crippen LogP contribution in [0.5, 0.6) is 11.5 Å². The summed E-state index contributed by atoms with van der Waals surface area (Å²) in [5, 5.41) is 7.50. The maximum atomic E-state index is 5.70. The lowest BCUT2D eigenvalue weighted by molar-refractivity contribution is 0.172. The summed E-state index contributed by atoms with van der Waals surface area (Å²) in [6.45, 7) is 3.12. The first kappa shape index (κ1) is 12.6. The van der Waals surface area contributed by atoms with E-state index < -0.39 is 0 Å². The van der Waals surface area contributed by atoms with Gasteiger partial charge >= 0.3 is 0 Å². The summed E-state index contributed by atoms with van der Waals surface area (Å²) in [6.07, 6.45) is 2.09. The Kier molecular flexibility index (Phi) is 3.23. The van der Waals surface area contributed by atoms with E-state index in [0.717, 1.165) is 43.1 Å². The molecule has 6 heteroatoms. The van der Waals surface area contributed by atoms with Crippen LogP contribution in [0.3, 0.4) is 0 Å². The second kappa shape index (κ2) is 5.37. The standard InChI is InChI=1S/C15H17N3O3/c1-2-11(13-12(3-1)19-8-9-20-13)15-17-14(18-21-15)10-4-6-16-7-5-10/h1-3,10,16H,4-9H2. The van der Waals surface area contributed by atoms with Crippen LogP contribution in [0.2, 0.25) is 0 Å². The van der Waals surface area contributed by atoms with E-state index in [2.05, 4.69) is 15.5 Å². The van der Waals surface area contributed by atoms with Crippen LogP contribution in [-0.4, -0.2) is 36.4 Å². The van der Waals surface area contributed by atoms with Crippen LogP contribution in [-0.2, 0) is 0 Å². The largest absolute Gasteiger partial charge is 0.486 e. The first-order valence-electron chi connectivity index (χ1n) is 7.35. The van der Waals surface area contributed by atoms with Crippen LogP contribution in [0.1, 0.15) is 24.6 Å². The number of hydrogen-bond acceptors (Lipinski definition) is 6. The third-order valence-electron chi connectivity index (χ3n) is 3.94. The van der Waals surface area contributed by atoms with Gasteiger partial charge in [0.05, 0.1) is 5.56 Å². The summed E-state index contributed by atoms with van der Waals surface area (Å²) in [6, 6.07) is 5.73. The van der Waals surface area contributed by atoms with Crippen LogP contribution < -0.4 is 14.8 Å². The van der Waals surface area contributed by atoms with Gasteiger partial charge in [-0.2, -0.15) is 4.98 Å². The Labute approximate surface area is 122 Å². The molecule has 0 bridgehead atoms. The first-order valence-corrected chi connectivity index (χ1v) is 7.35. The monoisotopic (exact) mass is 287 g/mol. The third-order valence-corrected chi connectivity index (χ3v) is 3.94. The van der Waals surface area contributed by atoms with Crippen LogP contribution in [0.25, 0.3) is 11.5 Å². The summed E-state index contributed by atoms with van der Waals surface area (Å²) in [5.41, 5.74) is 0.805. The number of ether oxygens (including phenoxy) is 2. The molecule has 0 aliphatic carbocycles. The number of para-hydroxylation sites is 1. The van der Waals surface area contributed by atoms with E-state index in [4.69, 9.17) is 14.0 Å². The second-order valence-electron chi connectivity index (χ2n) is 5.31. The molecule has 0 spiro atoms. The zero-order chi connectivity index (χ0) is 14.1. The summed E-state index contributed by atoms with van der Waals surface area (Å²) in [4.78, 5) is 4.57. The average molecular weight is 287 g/mol. The Morgan fingerprint density at radius 2 is 1.95 bits per heavy atom. The second-order valence-corrected chi connectivity index (χ2v) is 5.31. The van der Waals surface area contributed by atoms with Gasteiger partial charge in [0.15, 0.2) is 17.3 Å². The molecular formula is C15H17N3O3. The predicted molar refractivity (Wildman–Crippen MR) is 75.6 cm³/mol. The molecule has 6 nitrogen and oxygen atoms in total. The van der Waals surface area contributed by atoms with Crippen LogP contribution in [0.4, 0.5) is 0 Å². The minimum atomic E-state index is 0.375. The van der Waals surface area contributed by atoms with Crippen molar-refractivity contribution in [3.8, 4) is 23.0 Å². The lowest BCUT2D eigenvalue weighted by atomic mass is 9.98. The Morgan fingerprint density at radius 1 is 1.10 bits per heavy atom. The molecular weight excluding hydrogens is 270 g/mol. The maximum Gasteiger partial charge on any atom is 0.261 e. The van der Waals surface area contributed by atoms with Crippen molar-refractivity contribution in [1.82, 2.24) is 15.5 Å². The molecule has 1 saturated heterocycles. The average Bonchev–Trinajstić information content (AvgIpc) is 3.05. The lowest BCUT2D eigenvalue weighted by Gasteiger charge is -2.20. The smallest absolute Gasteiger partial charge is 0.261 e. The van der Waals surface area contributed by atoms with Gasteiger partial charge in [-0.25, -0.2) is 0 Å². The molecule has 2 aliphatic rings. The molecule has 21 heavy (non-hydrogen) atoms. The van der Waals surface area contributed by atoms with Gasteiger partial charge in [-0.3, -0.25) is 0 Å². The zero-order valence-electron chi connectivity index (χ0n) is 11.7. The van der Waals surface area contributed by atoms with E-state index in [1.165, 1.54) is 0 Å². The number of hydrogen-bond donors (Lipinski definition) is 1. The molecule has 1 aromatic heterocycles. The molecule has 2 aromatic rings. The Morgan fingerprint density at radius 3 is 2.86 bits per heavy atom. The van der Waals surface area contributed by atoms with E-state index in [1.54, 1.807) is 0 Å². The molecule has 110 valence electrons. The van der Waals surface area contributed by atoms with Gasteiger partial charge in [0.1, 0.15) is 13.2 Å². The van der Waals surface area contributed by atoms with Gasteiger partial charge < -0.3 is 19.3 Å². The van der Waals surface area contributed by atoms with Crippen molar-refractivity contribution in [1.29, 1.82) is 0 Å². The van der Waals surface area contributed by atoms with E-state index >= 15 is 0 Å². The number of aromatic nitrogens is 2. The Balaban J connectivity index is 1.66. The van der Waals surface area contributed by atoms with E-state index in [0.29, 0.717) is 30.8 Å². The molecule has 1 N–H and O–H groups in total. The van der Waals surface area contributed by atoms with Crippen molar-refractivity contribution in [2.45, 2.75) is 18.8 Å². The molecule has 0 saturated carbocycles. The Bertz CT molecular complexity index is 635. The minimum Gasteiger partial charge on any atom is -0.486 e. The van der Waals surface area contributed by atoms with Gasteiger partial charge in [0.2, 0.25) is 0 Å². The number of nitrogens with one attached hydrogen (secondary N) is 1. The van der Waals surface area contributed by atoms with Crippen LogP contribution >= 0.6 is 0 Å². The van der Waals surface area contributed by atoms with E-state index in [1.807, 2.05) is 18.2 Å². The van der Waals surface area contributed by atoms with E-state index in [-0.39, 0.29) is 0 Å². The van der Waals surface area contributed by atoms with E-state index in [9.17, 15) is 0 Å². The predicted octanol–water partition coefficient (Wildman–Crippen LogP) is 1.97. The fourth-order valence-corrected chi connectivity index (χ4v) is 2.83. The quantitative estimate of drug-likeness (QED) is 0.910. The van der Waals surface area contributed by atoms with Crippen LogP contribution in [0.15, 0.2) is 22.7 Å². The van der Waals surface area contributed by atoms with Gasteiger partial charge in [-0.15, -0.1) is 0 Å². The third kappa shape index (κ3) is 2.35. The molecule has 1 fully saturated rings. The highest BCUT2D eigenvalue weighted by atomic mass is 16.6. The molecule has 2 aliphatic heterocycles. The van der Waals surface area contributed by atoms with Crippen molar-refractivity contribution in [3.05, 3.63) is 24.0 Å². The summed E-state index contributed by atoms with van der Waals surface area (Å²) in [7, 11) is 0. The highest BCUT2D eigenvalue weighted by Gasteiger charge is 2.24. The highest BCUT2D eigenvalue weighted by Crippen LogP contribution is 2.39. The van der Waals surface area contributed by atoms with Gasteiger partial charge in [-0.1, -0.05) is 11.2 Å². The molecule has 0 amide bonds.